The highest BCUT2D eigenvalue weighted by molar-refractivity contribution is 5.63. The van der Waals surface area contributed by atoms with Gasteiger partial charge in [-0.1, -0.05) is 24.3 Å². The Balaban J connectivity index is 1.11. The van der Waals surface area contributed by atoms with Crippen LogP contribution in [0.25, 0.3) is 28.3 Å². The zero-order valence-electron chi connectivity index (χ0n) is 20.1. The molecule has 1 aliphatic heterocycles. The van der Waals surface area contributed by atoms with E-state index in [0.29, 0.717) is 13.2 Å². The SMILES string of the molecule is Cn1ncc(-c2ccc(CNc3cc(-c4cnc5cc(OCCN6CCC6)ccn45)ncn3)cc2)n1. The maximum absolute atomic E-state index is 5.92. The third-order valence-corrected chi connectivity index (χ3v) is 6.36. The van der Waals surface area contributed by atoms with Gasteiger partial charge in [0.2, 0.25) is 0 Å². The topological polar surface area (TPSA) is 98.3 Å². The fraction of sp³-hybridized carbons (Fsp3) is 0.269. The third-order valence-electron chi connectivity index (χ3n) is 6.36. The van der Waals surface area contributed by atoms with Crippen LogP contribution >= 0.6 is 0 Å². The number of aryl methyl sites for hydroxylation is 1. The Labute approximate surface area is 208 Å². The van der Waals surface area contributed by atoms with Crippen molar-refractivity contribution in [1.82, 2.24) is 39.2 Å². The van der Waals surface area contributed by atoms with E-state index in [1.165, 1.54) is 19.5 Å². The molecule has 0 amide bonds. The number of hydrogen-bond donors (Lipinski definition) is 1. The predicted octanol–water partition coefficient (Wildman–Crippen LogP) is 3.28. The second-order valence-electron chi connectivity index (χ2n) is 8.84. The summed E-state index contributed by atoms with van der Waals surface area (Å²) in [5.41, 5.74) is 5.55. The maximum atomic E-state index is 5.92. The van der Waals surface area contributed by atoms with Crippen molar-refractivity contribution < 1.29 is 4.74 Å². The molecule has 0 bridgehead atoms. The van der Waals surface area contributed by atoms with Crippen LogP contribution in [0.2, 0.25) is 0 Å². The minimum Gasteiger partial charge on any atom is -0.492 e. The van der Waals surface area contributed by atoms with Gasteiger partial charge in [0.25, 0.3) is 0 Å². The molecule has 10 nitrogen and oxygen atoms in total. The number of aromatic nitrogens is 7. The largest absolute Gasteiger partial charge is 0.492 e. The highest BCUT2D eigenvalue weighted by Gasteiger charge is 2.13. The number of anilines is 1. The second-order valence-corrected chi connectivity index (χ2v) is 8.84. The number of nitrogens with one attached hydrogen (secondary N) is 1. The Bertz CT molecular complexity index is 1470. The normalized spacial score (nSPS) is 13.6. The summed E-state index contributed by atoms with van der Waals surface area (Å²) in [6, 6.07) is 14.1. The molecule has 1 fully saturated rings. The molecule has 0 atom stereocenters. The van der Waals surface area contributed by atoms with Crippen molar-refractivity contribution in [3.63, 3.8) is 0 Å². The lowest BCUT2D eigenvalue weighted by molar-refractivity contribution is 0.147. The van der Waals surface area contributed by atoms with Gasteiger partial charge in [0.05, 0.1) is 23.8 Å². The van der Waals surface area contributed by atoms with Crippen LogP contribution < -0.4 is 10.1 Å². The molecule has 0 radical (unpaired) electrons. The Morgan fingerprint density at radius 3 is 2.64 bits per heavy atom. The van der Waals surface area contributed by atoms with E-state index in [1.807, 2.05) is 54.2 Å². The van der Waals surface area contributed by atoms with Crippen molar-refractivity contribution in [3.05, 3.63) is 72.9 Å². The van der Waals surface area contributed by atoms with Crippen LogP contribution in [0.1, 0.15) is 12.0 Å². The van der Waals surface area contributed by atoms with E-state index in [9.17, 15) is 0 Å². The van der Waals surface area contributed by atoms with E-state index in [1.54, 1.807) is 17.3 Å². The monoisotopic (exact) mass is 481 g/mol. The van der Waals surface area contributed by atoms with E-state index in [-0.39, 0.29) is 0 Å². The molecule has 5 heterocycles. The lowest BCUT2D eigenvalue weighted by Crippen LogP contribution is -2.39. The molecule has 36 heavy (non-hydrogen) atoms. The van der Waals surface area contributed by atoms with Crippen molar-refractivity contribution in [2.75, 3.05) is 31.6 Å². The fourth-order valence-electron chi connectivity index (χ4n) is 4.20. The maximum Gasteiger partial charge on any atom is 0.140 e. The number of ether oxygens (including phenoxy) is 1. The highest BCUT2D eigenvalue weighted by Crippen LogP contribution is 2.23. The molecule has 182 valence electrons. The summed E-state index contributed by atoms with van der Waals surface area (Å²) in [5.74, 6) is 1.58. The zero-order chi connectivity index (χ0) is 24.3. The van der Waals surface area contributed by atoms with Crippen LogP contribution in [-0.2, 0) is 13.6 Å². The van der Waals surface area contributed by atoms with Gasteiger partial charge < -0.3 is 10.1 Å². The van der Waals surface area contributed by atoms with Crippen LogP contribution in [0.4, 0.5) is 5.82 Å². The van der Waals surface area contributed by atoms with Gasteiger partial charge in [0.1, 0.15) is 35.8 Å². The van der Waals surface area contributed by atoms with Crippen LogP contribution in [-0.4, -0.2) is 65.5 Å². The molecule has 0 saturated carbocycles. The molecule has 1 saturated heterocycles. The Hall–Kier alpha value is -4.31. The average molecular weight is 482 g/mol. The summed E-state index contributed by atoms with van der Waals surface area (Å²) in [5, 5.41) is 11.9. The first-order chi connectivity index (χ1) is 17.7. The van der Waals surface area contributed by atoms with Gasteiger partial charge in [0.15, 0.2) is 0 Å². The van der Waals surface area contributed by atoms with Gasteiger partial charge in [-0.25, -0.2) is 15.0 Å². The molecule has 1 aromatic carbocycles. The van der Waals surface area contributed by atoms with Crippen LogP contribution in [0.15, 0.2) is 67.4 Å². The molecule has 5 aromatic rings. The first-order valence-electron chi connectivity index (χ1n) is 12.1. The summed E-state index contributed by atoms with van der Waals surface area (Å²) >= 11 is 0. The van der Waals surface area contributed by atoms with E-state index in [2.05, 4.69) is 47.5 Å². The van der Waals surface area contributed by atoms with Crippen molar-refractivity contribution in [2.45, 2.75) is 13.0 Å². The molecule has 0 unspecified atom stereocenters. The van der Waals surface area contributed by atoms with Crippen molar-refractivity contribution in [1.29, 1.82) is 0 Å². The van der Waals surface area contributed by atoms with Gasteiger partial charge in [-0.3, -0.25) is 9.30 Å². The molecule has 0 spiro atoms. The number of nitrogens with zero attached hydrogens (tertiary/aromatic N) is 8. The average Bonchev–Trinajstić information content (AvgIpc) is 3.51. The van der Waals surface area contributed by atoms with Crippen LogP contribution in [0.5, 0.6) is 5.75 Å². The Morgan fingerprint density at radius 2 is 1.86 bits per heavy atom. The number of likely N-dealkylation sites (tertiary alicyclic amines) is 1. The molecule has 10 heteroatoms. The summed E-state index contributed by atoms with van der Waals surface area (Å²) in [7, 11) is 1.81. The van der Waals surface area contributed by atoms with E-state index in [4.69, 9.17) is 4.74 Å². The van der Waals surface area contributed by atoms with E-state index in [0.717, 1.165) is 52.0 Å². The van der Waals surface area contributed by atoms with Gasteiger partial charge >= 0.3 is 0 Å². The van der Waals surface area contributed by atoms with Crippen LogP contribution in [0.3, 0.4) is 0 Å². The lowest BCUT2D eigenvalue weighted by Gasteiger charge is -2.30. The van der Waals surface area contributed by atoms with Crippen molar-refractivity contribution >= 4 is 11.5 Å². The molecular formula is C26H27N9O. The quantitative estimate of drug-likeness (QED) is 0.343. The second kappa shape index (κ2) is 9.74. The minimum atomic E-state index is 0.641. The Kier molecular flexibility index (Phi) is 6.00. The minimum absolute atomic E-state index is 0.641. The number of rotatable bonds is 9. The van der Waals surface area contributed by atoms with Gasteiger partial charge in [-0.15, -0.1) is 0 Å². The predicted molar refractivity (Wildman–Crippen MR) is 137 cm³/mol. The highest BCUT2D eigenvalue weighted by atomic mass is 16.5. The molecule has 6 rings (SSSR count). The van der Waals surface area contributed by atoms with E-state index < -0.39 is 0 Å². The van der Waals surface area contributed by atoms with Crippen molar-refractivity contribution in [3.8, 4) is 28.4 Å². The standard InChI is InChI=1S/C26H27N9O/c1-33-31-16-23(32-33)20-5-3-19(4-6-20)15-27-25-14-22(29-18-30-25)24-17-28-26-13-21(7-10-35(24)26)36-12-11-34-8-2-9-34/h3-7,10,13-14,16-18H,2,8-9,11-12,15H2,1H3,(H,27,29,30). The number of benzene rings is 1. The summed E-state index contributed by atoms with van der Waals surface area (Å²) in [6.07, 6.45) is 8.43. The smallest absolute Gasteiger partial charge is 0.140 e. The van der Waals surface area contributed by atoms with Gasteiger partial charge in [-0.2, -0.15) is 15.0 Å². The zero-order valence-corrected chi connectivity index (χ0v) is 20.1. The summed E-state index contributed by atoms with van der Waals surface area (Å²) in [4.78, 5) is 17.4. The van der Waals surface area contributed by atoms with E-state index >= 15 is 0 Å². The Morgan fingerprint density at radius 1 is 0.972 bits per heavy atom. The molecule has 4 aromatic heterocycles. The fourth-order valence-corrected chi connectivity index (χ4v) is 4.20. The number of pyridine rings is 1. The summed E-state index contributed by atoms with van der Waals surface area (Å²) < 4.78 is 7.94. The molecular weight excluding hydrogens is 454 g/mol. The number of imidazole rings is 1. The lowest BCUT2D eigenvalue weighted by atomic mass is 10.1. The molecule has 1 N–H and O–H groups in total. The van der Waals surface area contributed by atoms with Crippen LogP contribution in [0, 0.1) is 0 Å². The first-order valence-corrected chi connectivity index (χ1v) is 12.1. The van der Waals surface area contributed by atoms with Gasteiger partial charge in [0, 0.05) is 44.0 Å². The molecule has 0 aliphatic carbocycles. The molecule has 1 aliphatic rings. The number of hydrogen-bond acceptors (Lipinski definition) is 8. The number of fused-ring (bicyclic) bond motifs is 1. The summed E-state index contributed by atoms with van der Waals surface area (Å²) in [6.45, 7) is 4.65. The first kappa shape index (κ1) is 22.2. The van der Waals surface area contributed by atoms with Gasteiger partial charge in [-0.05, 0) is 31.1 Å². The third kappa shape index (κ3) is 4.76. The van der Waals surface area contributed by atoms with Crippen molar-refractivity contribution in [2.24, 2.45) is 7.05 Å².